The summed E-state index contributed by atoms with van der Waals surface area (Å²) in [6.45, 7) is 3.53. The summed E-state index contributed by atoms with van der Waals surface area (Å²) in [5.74, 6) is 1.19. The fourth-order valence-electron chi connectivity index (χ4n) is 4.76. The summed E-state index contributed by atoms with van der Waals surface area (Å²) in [6, 6.07) is 10.1. The molecule has 1 aliphatic heterocycles. The number of likely N-dealkylation sites (tertiary alicyclic amines) is 1. The van der Waals surface area contributed by atoms with Crippen molar-refractivity contribution in [1.82, 2.24) is 19.2 Å². The molecule has 1 fully saturated rings. The van der Waals surface area contributed by atoms with Crippen molar-refractivity contribution in [2.24, 2.45) is 13.0 Å². The standard InChI is InChI=1S/C27H37N5O3S2/c1-20-13-16-32(17-14-20)26(33)23(10-7-19-36-27-28-15-18-31(27)4)29-37(34,35)25-12-6-8-21-22(25)9-5-11-24(21)30(2)3/h5-6,8-9,11-12,15,18,20,23,29H,7,10,13-14,16-17,19H2,1-4H3/t23-/m0/s1. The van der Waals surface area contributed by atoms with Gasteiger partial charge in [0.05, 0.1) is 4.90 Å². The molecule has 1 saturated heterocycles. The molecule has 1 aliphatic rings. The van der Waals surface area contributed by atoms with Gasteiger partial charge in [-0.25, -0.2) is 13.4 Å². The maximum absolute atomic E-state index is 13.7. The molecule has 10 heteroatoms. The molecule has 2 aromatic carbocycles. The van der Waals surface area contributed by atoms with E-state index in [9.17, 15) is 13.2 Å². The summed E-state index contributed by atoms with van der Waals surface area (Å²) in [6.07, 6.45) is 6.64. The average Bonchev–Trinajstić information content (AvgIpc) is 3.29. The van der Waals surface area contributed by atoms with Gasteiger partial charge in [0.1, 0.15) is 6.04 Å². The predicted molar refractivity (Wildman–Crippen MR) is 151 cm³/mol. The van der Waals surface area contributed by atoms with Crippen molar-refractivity contribution in [2.75, 3.05) is 37.8 Å². The molecule has 37 heavy (non-hydrogen) atoms. The molecule has 3 aromatic rings. The topological polar surface area (TPSA) is 87.5 Å². The third kappa shape index (κ3) is 6.48. The Morgan fingerprint density at radius 1 is 1.16 bits per heavy atom. The van der Waals surface area contributed by atoms with E-state index in [2.05, 4.69) is 16.6 Å². The fraction of sp³-hybridized carbons (Fsp3) is 0.481. The van der Waals surface area contributed by atoms with Crippen LogP contribution < -0.4 is 9.62 Å². The van der Waals surface area contributed by atoms with E-state index in [-0.39, 0.29) is 10.8 Å². The lowest BCUT2D eigenvalue weighted by Gasteiger charge is -2.33. The van der Waals surface area contributed by atoms with Gasteiger partial charge in [-0.05, 0) is 43.7 Å². The Balaban J connectivity index is 1.56. The lowest BCUT2D eigenvalue weighted by atomic mass is 9.98. The number of hydrogen-bond donors (Lipinski definition) is 1. The molecule has 1 atom stereocenters. The minimum absolute atomic E-state index is 0.133. The lowest BCUT2D eigenvalue weighted by Crippen LogP contribution is -2.50. The monoisotopic (exact) mass is 543 g/mol. The summed E-state index contributed by atoms with van der Waals surface area (Å²) < 4.78 is 32.2. The molecule has 0 spiro atoms. The molecular weight excluding hydrogens is 506 g/mol. The number of aryl methyl sites for hydroxylation is 1. The smallest absolute Gasteiger partial charge is 0.241 e. The van der Waals surface area contributed by atoms with Crippen LogP contribution in [0, 0.1) is 5.92 Å². The highest BCUT2D eigenvalue weighted by atomic mass is 32.2. The van der Waals surface area contributed by atoms with Gasteiger partial charge in [0.2, 0.25) is 15.9 Å². The van der Waals surface area contributed by atoms with Gasteiger partial charge in [0.25, 0.3) is 0 Å². The molecule has 0 radical (unpaired) electrons. The summed E-state index contributed by atoms with van der Waals surface area (Å²) in [4.78, 5) is 21.9. The molecule has 200 valence electrons. The molecule has 0 unspecified atom stereocenters. The summed E-state index contributed by atoms with van der Waals surface area (Å²) in [7, 11) is 1.87. The van der Waals surface area contributed by atoms with Crippen molar-refractivity contribution in [3.8, 4) is 0 Å². The molecule has 8 nitrogen and oxygen atoms in total. The number of carbonyl (C=O) groups is 1. The number of nitrogens with zero attached hydrogens (tertiary/aromatic N) is 4. The van der Waals surface area contributed by atoms with E-state index in [1.54, 1.807) is 30.1 Å². The highest BCUT2D eigenvalue weighted by Crippen LogP contribution is 2.30. The number of fused-ring (bicyclic) bond motifs is 1. The average molecular weight is 544 g/mol. The van der Waals surface area contributed by atoms with Crippen molar-refractivity contribution in [2.45, 2.75) is 48.7 Å². The molecule has 1 N–H and O–H groups in total. The van der Waals surface area contributed by atoms with Crippen LogP contribution in [-0.4, -0.2) is 67.8 Å². The van der Waals surface area contributed by atoms with Crippen LogP contribution in [0.1, 0.15) is 32.6 Å². The molecule has 2 heterocycles. The molecule has 0 bridgehead atoms. The summed E-state index contributed by atoms with van der Waals surface area (Å²) in [5.41, 5.74) is 0.941. The lowest BCUT2D eigenvalue weighted by molar-refractivity contribution is -0.134. The van der Waals surface area contributed by atoms with E-state index in [1.165, 1.54) is 0 Å². The first kappa shape index (κ1) is 27.5. The number of aromatic nitrogens is 2. The summed E-state index contributed by atoms with van der Waals surface area (Å²) in [5, 5.41) is 2.40. The number of amides is 1. The maximum atomic E-state index is 13.7. The van der Waals surface area contributed by atoms with Gasteiger partial charge in [-0.1, -0.05) is 43.0 Å². The van der Waals surface area contributed by atoms with Crippen LogP contribution in [0.5, 0.6) is 0 Å². The second kappa shape index (κ2) is 11.9. The molecule has 1 aromatic heterocycles. The van der Waals surface area contributed by atoms with Gasteiger partial charge in [0, 0.05) is 68.8 Å². The Hall–Kier alpha value is -2.56. The van der Waals surface area contributed by atoms with Gasteiger partial charge in [-0.2, -0.15) is 4.72 Å². The molecule has 0 saturated carbocycles. The van der Waals surface area contributed by atoms with E-state index >= 15 is 0 Å². The fourth-order valence-corrected chi connectivity index (χ4v) is 7.10. The number of piperidine rings is 1. The van der Waals surface area contributed by atoms with Gasteiger partial charge < -0.3 is 14.4 Å². The molecule has 0 aliphatic carbocycles. The number of sulfonamides is 1. The summed E-state index contributed by atoms with van der Waals surface area (Å²) >= 11 is 1.61. The van der Waals surface area contributed by atoms with Crippen LogP contribution >= 0.6 is 11.8 Å². The molecule has 1 amide bonds. The molecule has 4 rings (SSSR count). The Bertz CT molecular complexity index is 1330. The van der Waals surface area contributed by atoms with Crippen LogP contribution in [0.4, 0.5) is 5.69 Å². The third-order valence-corrected chi connectivity index (χ3v) is 9.64. The van der Waals surface area contributed by atoms with Crippen molar-refractivity contribution in [3.05, 3.63) is 48.8 Å². The number of thioether (sulfide) groups is 1. The normalized spacial score (nSPS) is 15.7. The van der Waals surface area contributed by atoms with Gasteiger partial charge in [-0.3, -0.25) is 4.79 Å². The van der Waals surface area contributed by atoms with Gasteiger partial charge >= 0.3 is 0 Å². The quantitative estimate of drug-likeness (QED) is 0.306. The Kier molecular flexibility index (Phi) is 8.82. The number of hydrogen-bond acceptors (Lipinski definition) is 6. The first-order valence-corrected chi connectivity index (χ1v) is 15.2. The van der Waals surface area contributed by atoms with E-state index in [0.29, 0.717) is 37.2 Å². The largest absolute Gasteiger partial charge is 0.377 e. The van der Waals surface area contributed by atoms with Crippen molar-refractivity contribution >= 4 is 44.2 Å². The van der Waals surface area contributed by atoms with Crippen molar-refractivity contribution < 1.29 is 13.2 Å². The highest BCUT2D eigenvalue weighted by molar-refractivity contribution is 7.99. The maximum Gasteiger partial charge on any atom is 0.241 e. The number of rotatable bonds is 10. The third-order valence-electron chi connectivity index (χ3n) is 6.97. The first-order chi connectivity index (χ1) is 17.7. The second-order valence-corrected chi connectivity index (χ2v) is 12.8. The number of nitrogens with one attached hydrogen (secondary N) is 1. The minimum Gasteiger partial charge on any atom is -0.377 e. The first-order valence-electron chi connectivity index (χ1n) is 12.8. The Morgan fingerprint density at radius 3 is 2.54 bits per heavy atom. The van der Waals surface area contributed by atoms with Crippen LogP contribution in [0.15, 0.2) is 58.8 Å². The minimum atomic E-state index is -3.95. The number of carbonyl (C=O) groups excluding carboxylic acids is 1. The van der Waals surface area contributed by atoms with Crippen molar-refractivity contribution in [1.29, 1.82) is 0 Å². The zero-order valence-electron chi connectivity index (χ0n) is 22.1. The van der Waals surface area contributed by atoms with Gasteiger partial charge in [0.15, 0.2) is 5.16 Å². The predicted octanol–water partition coefficient (Wildman–Crippen LogP) is 4.12. The highest BCUT2D eigenvalue weighted by Gasteiger charge is 2.31. The zero-order chi connectivity index (χ0) is 26.6. The zero-order valence-corrected chi connectivity index (χ0v) is 23.7. The molecular formula is C27H37N5O3S2. The van der Waals surface area contributed by atoms with E-state index in [4.69, 9.17) is 0 Å². The van der Waals surface area contributed by atoms with E-state index < -0.39 is 16.1 Å². The number of anilines is 1. The van der Waals surface area contributed by atoms with Crippen molar-refractivity contribution in [3.63, 3.8) is 0 Å². The number of imidazole rings is 1. The van der Waals surface area contributed by atoms with E-state index in [0.717, 1.165) is 34.8 Å². The van der Waals surface area contributed by atoms with E-state index in [1.807, 2.05) is 66.0 Å². The van der Waals surface area contributed by atoms with Crippen LogP contribution in [0.2, 0.25) is 0 Å². The van der Waals surface area contributed by atoms with Gasteiger partial charge in [-0.15, -0.1) is 0 Å². The van der Waals surface area contributed by atoms with Crippen LogP contribution in [-0.2, 0) is 21.9 Å². The second-order valence-electron chi connectivity index (χ2n) is 10.0. The Morgan fingerprint density at radius 2 is 1.86 bits per heavy atom. The van der Waals surface area contributed by atoms with Crippen LogP contribution in [0.3, 0.4) is 0 Å². The van der Waals surface area contributed by atoms with Crippen LogP contribution in [0.25, 0.3) is 10.8 Å². The Labute approximate surface area is 224 Å². The number of benzene rings is 2. The SMILES string of the molecule is CC1CCN(C(=O)[C@H](CCCSc2nccn2C)NS(=O)(=O)c2cccc3c(N(C)C)cccc23)CC1.